The molecular formula is C8H10N4S. The first-order valence-corrected chi connectivity index (χ1v) is 4.81. The third-order valence-corrected chi connectivity index (χ3v) is 2.59. The summed E-state index contributed by atoms with van der Waals surface area (Å²) in [5.74, 6) is 0.326. The number of anilines is 1. The van der Waals surface area contributed by atoms with Crippen LogP contribution in [0.3, 0.4) is 0 Å². The lowest BCUT2D eigenvalue weighted by Gasteiger charge is -1.95. The van der Waals surface area contributed by atoms with Crippen molar-refractivity contribution >= 4 is 17.3 Å². The predicted molar refractivity (Wildman–Crippen MR) is 52.6 cm³/mol. The van der Waals surface area contributed by atoms with E-state index in [0.717, 1.165) is 6.54 Å². The van der Waals surface area contributed by atoms with E-state index in [1.54, 1.807) is 22.3 Å². The van der Waals surface area contributed by atoms with E-state index >= 15 is 0 Å². The number of thiophene rings is 1. The molecule has 0 aromatic carbocycles. The minimum absolute atomic E-state index is 0.326. The Hall–Kier alpha value is -1.36. The van der Waals surface area contributed by atoms with Gasteiger partial charge in [0.25, 0.3) is 0 Å². The van der Waals surface area contributed by atoms with Crippen LogP contribution in [0, 0.1) is 6.92 Å². The van der Waals surface area contributed by atoms with Crippen LogP contribution >= 0.6 is 11.3 Å². The van der Waals surface area contributed by atoms with Crippen molar-refractivity contribution in [2.45, 2.75) is 13.5 Å². The van der Waals surface area contributed by atoms with Gasteiger partial charge in [-0.2, -0.15) is 0 Å². The second-order valence-corrected chi connectivity index (χ2v) is 3.98. The van der Waals surface area contributed by atoms with Crippen LogP contribution in [0.15, 0.2) is 17.8 Å². The number of aryl methyl sites for hydroxylation is 1. The molecule has 0 fully saturated rings. The smallest absolute Gasteiger partial charge is 0.239 e. The molecule has 0 saturated heterocycles. The van der Waals surface area contributed by atoms with E-state index in [1.807, 2.05) is 0 Å². The normalized spacial score (nSPS) is 10.5. The summed E-state index contributed by atoms with van der Waals surface area (Å²) >= 11 is 1.74. The summed E-state index contributed by atoms with van der Waals surface area (Å²) in [6.07, 6.45) is 1.64. The van der Waals surface area contributed by atoms with E-state index in [2.05, 4.69) is 28.5 Å². The second kappa shape index (κ2) is 3.18. The number of rotatable bonds is 2. The first kappa shape index (κ1) is 8.25. The Morgan fingerprint density at radius 2 is 2.46 bits per heavy atom. The minimum Gasteiger partial charge on any atom is -0.367 e. The van der Waals surface area contributed by atoms with E-state index < -0.39 is 0 Å². The fourth-order valence-electron chi connectivity index (χ4n) is 1.15. The molecule has 5 heteroatoms. The lowest BCUT2D eigenvalue weighted by Crippen LogP contribution is -1.99. The van der Waals surface area contributed by atoms with Crippen LogP contribution in [-0.2, 0) is 6.54 Å². The fourth-order valence-corrected chi connectivity index (χ4v) is 1.85. The Labute approximate surface area is 80.0 Å². The van der Waals surface area contributed by atoms with Crippen LogP contribution in [0.5, 0.6) is 0 Å². The SMILES string of the molecule is Cc1cc(Cn2cnc(N)n2)cs1. The van der Waals surface area contributed by atoms with Crippen LogP contribution in [0.2, 0.25) is 0 Å². The maximum Gasteiger partial charge on any atom is 0.239 e. The quantitative estimate of drug-likeness (QED) is 0.783. The Balaban J connectivity index is 2.14. The molecule has 0 atom stereocenters. The zero-order valence-electron chi connectivity index (χ0n) is 7.27. The molecule has 68 valence electrons. The summed E-state index contributed by atoms with van der Waals surface area (Å²) in [5, 5.41) is 6.12. The highest BCUT2D eigenvalue weighted by Crippen LogP contribution is 2.13. The fraction of sp³-hybridized carbons (Fsp3) is 0.250. The van der Waals surface area contributed by atoms with Gasteiger partial charge in [-0.15, -0.1) is 16.4 Å². The average Bonchev–Trinajstić information content (AvgIpc) is 2.62. The summed E-state index contributed by atoms with van der Waals surface area (Å²) in [6.45, 7) is 2.83. The summed E-state index contributed by atoms with van der Waals surface area (Å²) in [7, 11) is 0. The molecular weight excluding hydrogens is 184 g/mol. The highest BCUT2D eigenvalue weighted by molar-refractivity contribution is 7.10. The molecule has 4 nitrogen and oxygen atoms in total. The van der Waals surface area contributed by atoms with Gasteiger partial charge in [0.15, 0.2) is 0 Å². The third-order valence-electron chi connectivity index (χ3n) is 1.68. The molecule has 0 aliphatic carbocycles. The highest BCUT2D eigenvalue weighted by Gasteiger charge is 1.99. The molecule has 0 bridgehead atoms. The largest absolute Gasteiger partial charge is 0.367 e. The molecule has 2 aromatic rings. The number of aromatic nitrogens is 3. The number of nitrogen functional groups attached to an aromatic ring is 1. The van der Waals surface area contributed by atoms with Gasteiger partial charge in [-0.3, -0.25) is 0 Å². The van der Waals surface area contributed by atoms with Crippen molar-refractivity contribution in [3.8, 4) is 0 Å². The topological polar surface area (TPSA) is 56.7 Å². The minimum atomic E-state index is 0.326. The van der Waals surface area contributed by atoms with Crippen molar-refractivity contribution in [3.05, 3.63) is 28.2 Å². The van der Waals surface area contributed by atoms with Gasteiger partial charge in [-0.05, 0) is 23.9 Å². The lowest BCUT2D eigenvalue weighted by molar-refractivity contribution is 0.689. The van der Waals surface area contributed by atoms with E-state index in [9.17, 15) is 0 Å². The van der Waals surface area contributed by atoms with Gasteiger partial charge in [0.2, 0.25) is 5.95 Å². The number of hydrogen-bond donors (Lipinski definition) is 1. The van der Waals surface area contributed by atoms with Crippen molar-refractivity contribution in [3.63, 3.8) is 0 Å². The van der Waals surface area contributed by atoms with Crippen molar-refractivity contribution in [1.29, 1.82) is 0 Å². The highest BCUT2D eigenvalue weighted by atomic mass is 32.1. The van der Waals surface area contributed by atoms with Gasteiger partial charge in [-0.1, -0.05) is 0 Å². The summed E-state index contributed by atoms with van der Waals surface area (Å²) in [5.41, 5.74) is 6.64. The molecule has 2 heterocycles. The molecule has 2 N–H and O–H groups in total. The zero-order chi connectivity index (χ0) is 9.26. The molecule has 0 aliphatic heterocycles. The van der Waals surface area contributed by atoms with Crippen molar-refractivity contribution in [2.24, 2.45) is 0 Å². The van der Waals surface area contributed by atoms with Gasteiger partial charge in [0, 0.05) is 4.88 Å². The molecule has 0 radical (unpaired) electrons. The molecule has 0 spiro atoms. The van der Waals surface area contributed by atoms with Crippen LogP contribution < -0.4 is 5.73 Å². The van der Waals surface area contributed by atoms with E-state index in [0.29, 0.717) is 5.95 Å². The molecule has 2 rings (SSSR count). The zero-order valence-corrected chi connectivity index (χ0v) is 8.08. The van der Waals surface area contributed by atoms with Crippen molar-refractivity contribution in [2.75, 3.05) is 5.73 Å². The monoisotopic (exact) mass is 194 g/mol. The molecule has 0 unspecified atom stereocenters. The third kappa shape index (κ3) is 1.86. The number of hydrogen-bond acceptors (Lipinski definition) is 4. The average molecular weight is 194 g/mol. The summed E-state index contributed by atoms with van der Waals surface area (Å²) in [4.78, 5) is 5.16. The van der Waals surface area contributed by atoms with Crippen LogP contribution in [0.4, 0.5) is 5.95 Å². The Kier molecular flexibility index (Phi) is 2.02. The summed E-state index contributed by atoms with van der Waals surface area (Å²) < 4.78 is 1.73. The first-order chi connectivity index (χ1) is 6.24. The van der Waals surface area contributed by atoms with Gasteiger partial charge in [-0.25, -0.2) is 9.67 Å². The van der Waals surface area contributed by atoms with Crippen LogP contribution in [0.1, 0.15) is 10.4 Å². The predicted octanol–water partition coefficient (Wildman–Crippen LogP) is 1.28. The lowest BCUT2D eigenvalue weighted by atomic mass is 10.3. The summed E-state index contributed by atoms with van der Waals surface area (Å²) in [6, 6.07) is 2.14. The Morgan fingerprint density at radius 3 is 3.00 bits per heavy atom. The maximum absolute atomic E-state index is 5.40. The Morgan fingerprint density at radius 1 is 1.62 bits per heavy atom. The van der Waals surface area contributed by atoms with Crippen LogP contribution in [0.25, 0.3) is 0 Å². The molecule has 0 saturated carbocycles. The van der Waals surface area contributed by atoms with Gasteiger partial charge < -0.3 is 5.73 Å². The maximum atomic E-state index is 5.40. The van der Waals surface area contributed by atoms with Crippen LogP contribution in [-0.4, -0.2) is 14.8 Å². The number of nitrogens with zero attached hydrogens (tertiary/aromatic N) is 3. The first-order valence-electron chi connectivity index (χ1n) is 3.93. The van der Waals surface area contributed by atoms with E-state index in [4.69, 9.17) is 5.73 Å². The number of nitrogens with two attached hydrogens (primary N) is 1. The van der Waals surface area contributed by atoms with E-state index in [1.165, 1.54) is 10.4 Å². The molecule has 2 aromatic heterocycles. The van der Waals surface area contributed by atoms with Gasteiger partial charge in [0.1, 0.15) is 6.33 Å². The Bertz CT molecular complexity index is 365. The standard InChI is InChI=1S/C8H10N4S/c1-6-2-7(4-13-6)3-12-5-10-8(9)11-12/h2,4-5H,3H2,1H3,(H2,9,11). The van der Waals surface area contributed by atoms with Gasteiger partial charge in [0.05, 0.1) is 6.54 Å². The van der Waals surface area contributed by atoms with Crippen molar-refractivity contribution < 1.29 is 0 Å². The van der Waals surface area contributed by atoms with E-state index in [-0.39, 0.29) is 0 Å². The second-order valence-electron chi connectivity index (χ2n) is 2.87. The van der Waals surface area contributed by atoms with Crippen molar-refractivity contribution in [1.82, 2.24) is 14.8 Å². The molecule has 0 aliphatic rings. The molecule has 13 heavy (non-hydrogen) atoms. The van der Waals surface area contributed by atoms with Gasteiger partial charge >= 0.3 is 0 Å². The molecule has 0 amide bonds.